The van der Waals surface area contributed by atoms with Crippen LogP contribution in [0.5, 0.6) is 0 Å². The lowest BCUT2D eigenvalue weighted by Crippen LogP contribution is -2.46. The molecule has 162 valence electrons. The summed E-state index contributed by atoms with van der Waals surface area (Å²) in [4.78, 5) is 2.57. The fourth-order valence-electron chi connectivity index (χ4n) is 5.00. The highest BCUT2D eigenvalue weighted by atomic mass is 16.6. The molecule has 0 aromatic heterocycles. The number of aliphatic hydroxyl groups is 1. The molecule has 2 heterocycles. The average molecular weight is 409 g/mol. The Bertz CT molecular complexity index is 880. The zero-order valence-corrected chi connectivity index (χ0v) is 18.9. The van der Waals surface area contributed by atoms with Crippen LogP contribution in [0, 0.1) is 0 Å². The van der Waals surface area contributed by atoms with E-state index in [1.807, 2.05) is 0 Å². The summed E-state index contributed by atoms with van der Waals surface area (Å²) < 4.78 is 5.56. The van der Waals surface area contributed by atoms with Crippen molar-refractivity contribution in [1.82, 2.24) is 0 Å². The van der Waals surface area contributed by atoms with Crippen LogP contribution in [0.4, 0.5) is 11.4 Å². The van der Waals surface area contributed by atoms with Gasteiger partial charge in [0, 0.05) is 29.9 Å². The third-order valence-corrected chi connectivity index (χ3v) is 7.11. The molecule has 4 heteroatoms. The van der Waals surface area contributed by atoms with Crippen LogP contribution in [-0.4, -0.2) is 31.2 Å². The molecule has 0 spiro atoms. The number of nitrogens with one attached hydrogen (secondary N) is 1. The molecule has 0 saturated heterocycles. The summed E-state index contributed by atoms with van der Waals surface area (Å²) >= 11 is 0. The second-order valence-corrected chi connectivity index (χ2v) is 9.71. The van der Waals surface area contributed by atoms with E-state index < -0.39 is 6.41 Å². The molecule has 2 aliphatic rings. The van der Waals surface area contributed by atoms with Crippen molar-refractivity contribution in [1.29, 1.82) is 0 Å². The van der Waals surface area contributed by atoms with Gasteiger partial charge in [-0.3, -0.25) is 0 Å². The summed E-state index contributed by atoms with van der Waals surface area (Å²) in [5.41, 5.74) is 6.46. The number of rotatable bonds is 7. The molecular formula is C26H36N2O2. The van der Waals surface area contributed by atoms with E-state index in [1.54, 1.807) is 0 Å². The number of aliphatic hydroxyl groups excluding tert-OH is 1. The highest BCUT2D eigenvalue weighted by Gasteiger charge is 2.42. The Morgan fingerprint density at radius 3 is 2.50 bits per heavy atom. The molecule has 0 radical (unpaired) electrons. The molecule has 0 fully saturated rings. The number of nitrogens with zero attached hydrogens (tertiary/aromatic N) is 1. The second-order valence-electron chi connectivity index (χ2n) is 9.71. The van der Waals surface area contributed by atoms with Crippen molar-refractivity contribution in [3.05, 3.63) is 59.2 Å². The van der Waals surface area contributed by atoms with Gasteiger partial charge in [0.25, 0.3) is 0 Å². The van der Waals surface area contributed by atoms with Crippen LogP contribution in [0.25, 0.3) is 0 Å². The predicted octanol–water partition coefficient (Wildman–Crippen LogP) is 5.39. The molecule has 0 saturated carbocycles. The van der Waals surface area contributed by atoms with E-state index in [1.165, 1.54) is 22.4 Å². The van der Waals surface area contributed by atoms with Crippen molar-refractivity contribution in [2.45, 2.75) is 70.6 Å². The van der Waals surface area contributed by atoms with Crippen molar-refractivity contribution in [3.63, 3.8) is 0 Å². The molecular weight excluding hydrogens is 372 g/mol. The lowest BCUT2D eigenvalue weighted by atomic mass is 9.66. The molecule has 0 amide bonds. The summed E-state index contributed by atoms with van der Waals surface area (Å²) in [6.45, 7) is 11.9. The molecule has 1 unspecified atom stereocenters. The summed E-state index contributed by atoms with van der Waals surface area (Å²) in [5.74, 6) is 0. The minimum atomic E-state index is -0.990. The zero-order valence-electron chi connectivity index (χ0n) is 18.9. The molecule has 2 aromatic rings. The Morgan fingerprint density at radius 2 is 1.77 bits per heavy atom. The first-order valence-electron chi connectivity index (χ1n) is 11.4. The topological polar surface area (TPSA) is 44.7 Å². The minimum absolute atomic E-state index is 0.0546. The number of anilines is 2. The van der Waals surface area contributed by atoms with Crippen LogP contribution in [0.2, 0.25) is 0 Å². The number of hydrogen-bond donors (Lipinski definition) is 2. The summed E-state index contributed by atoms with van der Waals surface area (Å²) in [5, 5.41) is 13.6. The Morgan fingerprint density at radius 1 is 1.07 bits per heavy atom. The van der Waals surface area contributed by atoms with Gasteiger partial charge < -0.3 is 20.1 Å². The van der Waals surface area contributed by atoms with Crippen LogP contribution >= 0.6 is 0 Å². The predicted molar refractivity (Wildman–Crippen MR) is 124 cm³/mol. The number of hydrogen-bond acceptors (Lipinski definition) is 4. The zero-order chi connectivity index (χ0) is 21.4. The average Bonchev–Trinajstić information content (AvgIpc) is 2.73. The highest BCUT2D eigenvalue weighted by Crippen LogP contribution is 2.52. The smallest absolute Gasteiger partial charge is 0.235 e. The quantitative estimate of drug-likeness (QED) is 0.476. The molecule has 30 heavy (non-hydrogen) atoms. The maximum absolute atomic E-state index is 10.4. The third-order valence-electron chi connectivity index (χ3n) is 7.11. The Kier molecular flexibility index (Phi) is 5.82. The Labute approximate surface area is 181 Å². The fraction of sp³-hybridized carbons (Fsp3) is 0.538. The van der Waals surface area contributed by atoms with Gasteiger partial charge in [0.1, 0.15) is 0 Å². The van der Waals surface area contributed by atoms with Gasteiger partial charge >= 0.3 is 0 Å². The van der Waals surface area contributed by atoms with E-state index in [2.05, 4.69) is 80.4 Å². The molecule has 2 atom stereocenters. The van der Waals surface area contributed by atoms with E-state index in [0.29, 0.717) is 6.61 Å². The maximum Gasteiger partial charge on any atom is 0.235 e. The van der Waals surface area contributed by atoms with Gasteiger partial charge in [0.15, 0.2) is 0 Å². The van der Waals surface area contributed by atoms with Crippen LogP contribution in [0.15, 0.2) is 42.5 Å². The van der Waals surface area contributed by atoms with Crippen LogP contribution < -0.4 is 10.2 Å². The normalized spacial score (nSPS) is 23.0. The second kappa shape index (κ2) is 8.24. The third kappa shape index (κ3) is 3.83. The lowest BCUT2D eigenvalue weighted by Gasteiger charge is -2.49. The molecule has 2 aliphatic heterocycles. The monoisotopic (exact) mass is 408 g/mol. The van der Waals surface area contributed by atoms with Gasteiger partial charge in [-0.1, -0.05) is 64.4 Å². The van der Waals surface area contributed by atoms with Crippen molar-refractivity contribution in [2.24, 2.45) is 0 Å². The van der Waals surface area contributed by atoms with Crippen LogP contribution in [0.1, 0.15) is 70.1 Å². The molecule has 4 nitrogen and oxygen atoms in total. The van der Waals surface area contributed by atoms with Gasteiger partial charge in [-0.15, -0.1) is 0 Å². The summed E-state index contributed by atoms with van der Waals surface area (Å²) in [6.07, 6.45) is 3.23. The molecule has 2 aromatic carbocycles. The van der Waals surface area contributed by atoms with Crippen molar-refractivity contribution in [3.8, 4) is 0 Å². The van der Waals surface area contributed by atoms with E-state index in [-0.39, 0.29) is 10.8 Å². The first-order chi connectivity index (χ1) is 14.3. The molecule has 0 bridgehead atoms. The summed E-state index contributed by atoms with van der Waals surface area (Å²) in [6, 6.07) is 15.3. The first kappa shape index (κ1) is 21.2. The van der Waals surface area contributed by atoms with E-state index in [4.69, 9.17) is 4.74 Å². The van der Waals surface area contributed by atoms with Crippen molar-refractivity contribution >= 4 is 11.4 Å². The molecule has 4 rings (SSSR count). The molecule has 2 N–H and O–H groups in total. The van der Waals surface area contributed by atoms with Crippen LogP contribution in [-0.2, 0) is 15.6 Å². The number of unbranched alkanes of at least 4 members (excludes halogenated alkanes) is 1. The Balaban J connectivity index is 1.78. The van der Waals surface area contributed by atoms with Gasteiger partial charge in [0.05, 0.1) is 6.61 Å². The largest absolute Gasteiger partial charge is 0.371 e. The molecule has 0 aliphatic carbocycles. The lowest BCUT2D eigenvalue weighted by molar-refractivity contribution is -0.0788. The maximum atomic E-state index is 10.4. The van der Waals surface area contributed by atoms with Crippen LogP contribution in [0.3, 0.4) is 0 Å². The standard InChI is InChI=1S/C26H36N2O2/c1-5-6-16-30-24(29)27-20-17-21-23-22(18-20)26(4,19-10-8-7-9-11-19)13-15-28(23)14-12-25(21,2)3/h7-11,17-18,24,27,29H,5-6,12-16H2,1-4H3/t24?,26-/m0/s1. The van der Waals surface area contributed by atoms with Gasteiger partial charge in [-0.2, -0.15) is 0 Å². The number of ether oxygens (including phenoxy) is 1. The first-order valence-corrected chi connectivity index (χ1v) is 11.4. The summed E-state index contributed by atoms with van der Waals surface area (Å²) in [7, 11) is 0. The van der Waals surface area contributed by atoms with Crippen molar-refractivity contribution < 1.29 is 9.84 Å². The van der Waals surface area contributed by atoms with E-state index in [0.717, 1.165) is 44.5 Å². The van der Waals surface area contributed by atoms with Crippen molar-refractivity contribution in [2.75, 3.05) is 29.9 Å². The van der Waals surface area contributed by atoms with Gasteiger partial charge in [-0.25, -0.2) is 0 Å². The van der Waals surface area contributed by atoms with E-state index >= 15 is 0 Å². The Hall–Kier alpha value is -2.04. The van der Waals surface area contributed by atoms with Gasteiger partial charge in [-0.05, 0) is 53.5 Å². The minimum Gasteiger partial charge on any atom is -0.371 e. The van der Waals surface area contributed by atoms with E-state index in [9.17, 15) is 5.11 Å². The SMILES string of the molecule is CCCCOC(O)Nc1cc2c3c(c1)[C@](C)(c1ccccc1)CCN3CCC2(C)C. The number of benzene rings is 2. The fourth-order valence-corrected chi connectivity index (χ4v) is 5.00. The van der Waals surface area contributed by atoms with Gasteiger partial charge in [0.2, 0.25) is 6.41 Å². The highest BCUT2D eigenvalue weighted by molar-refractivity contribution is 5.74.